The van der Waals surface area contributed by atoms with Gasteiger partial charge in [0.15, 0.2) is 6.10 Å². The summed E-state index contributed by atoms with van der Waals surface area (Å²) in [6.45, 7) is 2.48. The van der Waals surface area contributed by atoms with Crippen LogP contribution in [0.5, 0.6) is 5.75 Å². The van der Waals surface area contributed by atoms with E-state index in [1.165, 1.54) is 24.0 Å². The van der Waals surface area contributed by atoms with Crippen LogP contribution >= 0.6 is 0 Å². The second-order valence-corrected chi connectivity index (χ2v) is 7.59. The third-order valence-corrected chi connectivity index (χ3v) is 5.50. The zero-order valence-corrected chi connectivity index (χ0v) is 16.2. The molecule has 0 spiro atoms. The topological polar surface area (TPSA) is 58.6 Å². The molecule has 28 heavy (non-hydrogen) atoms. The van der Waals surface area contributed by atoms with E-state index in [1.54, 1.807) is 11.8 Å². The number of ether oxygens (including phenoxy) is 1. The molecule has 1 N–H and O–H groups in total. The van der Waals surface area contributed by atoms with Crippen molar-refractivity contribution in [1.29, 1.82) is 0 Å². The summed E-state index contributed by atoms with van der Waals surface area (Å²) in [4.78, 5) is 26.3. The minimum atomic E-state index is -0.612. The number of rotatable bonds is 5. The molecule has 1 aliphatic carbocycles. The third-order valence-electron chi connectivity index (χ3n) is 5.50. The molecule has 2 aromatic carbocycles. The van der Waals surface area contributed by atoms with Crippen molar-refractivity contribution in [3.8, 4) is 5.75 Å². The number of aryl methyl sites for hydroxylation is 2. The summed E-state index contributed by atoms with van der Waals surface area (Å²) in [7, 11) is 0. The summed E-state index contributed by atoms with van der Waals surface area (Å²) in [6.07, 6.45) is 5.51. The number of hydrogen-bond donors (Lipinski definition) is 1. The van der Waals surface area contributed by atoms with Gasteiger partial charge in [0.2, 0.25) is 5.91 Å². The van der Waals surface area contributed by atoms with Crippen LogP contribution in [0.15, 0.2) is 42.5 Å². The van der Waals surface area contributed by atoms with Gasteiger partial charge >= 0.3 is 0 Å². The van der Waals surface area contributed by atoms with Gasteiger partial charge in [-0.25, -0.2) is 0 Å². The lowest BCUT2D eigenvalue weighted by Crippen LogP contribution is -2.30. The molecule has 0 aromatic heterocycles. The van der Waals surface area contributed by atoms with Gasteiger partial charge in [0.1, 0.15) is 5.75 Å². The Bertz CT molecular complexity index is 893. The summed E-state index contributed by atoms with van der Waals surface area (Å²) in [5, 5.41) is 2.90. The van der Waals surface area contributed by atoms with Crippen molar-refractivity contribution >= 4 is 23.2 Å². The maximum absolute atomic E-state index is 12.6. The lowest BCUT2D eigenvalue weighted by molar-refractivity contribution is -0.122. The van der Waals surface area contributed by atoms with Crippen molar-refractivity contribution in [2.75, 3.05) is 16.8 Å². The quantitative estimate of drug-likeness (QED) is 0.852. The molecule has 146 valence electrons. The van der Waals surface area contributed by atoms with Crippen molar-refractivity contribution in [2.24, 2.45) is 0 Å². The van der Waals surface area contributed by atoms with Crippen LogP contribution in [0.3, 0.4) is 0 Å². The van der Waals surface area contributed by atoms with E-state index in [9.17, 15) is 9.59 Å². The molecule has 1 heterocycles. The summed E-state index contributed by atoms with van der Waals surface area (Å²) in [5.74, 6) is 0.662. The van der Waals surface area contributed by atoms with E-state index in [-0.39, 0.29) is 11.8 Å². The van der Waals surface area contributed by atoms with Crippen LogP contribution in [0.25, 0.3) is 0 Å². The second-order valence-electron chi connectivity index (χ2n) is 7.59. The number of carbonyl (C=O) groups is 2. The highest BCUT2D eigenvalue weighted by Gasteiger charge is 2.22. The first-order chi connectivity index (χ1) is 13.6. The molecule has 2 amide bonds. The molecule has 1 saturated heterocycles. The van der Waals surface area contributed by atoms with E-state index in [4.69, 9.17) is 4.74 Å². The first-order valence-corrected chi connectivity index (χ1v) is 10.1. The lowest BCUT2D eigenvalue weighted by atomic mass is 9.92. The van der Waals surface area contributed by atoms with Gasteiger partial charge in [-0.3, -0.25) is 9.59 Å². The minimum Gasteiger partial charge on any atom is -0.481 e. The maximum atomic E-state index is 12.6. The Balaban J connectivity index is 1.40. The van der Waals surface area contributed by atoms with E-state index in [0.717, 1.165) is 37.2 Å². The monoisotopic (exact) mass is 378 g/mol. The maximum Gasteiger partial charge on any atom is 0.265 e. The van der Waals surface area contributed by atoms with Crippen LogP contribution in [-0.4, -0.2) is 24.5 Å². The number of hydrogen-bond acceptors (Lipinski definition) is 3. The van der Waals surface area contributed by atoms with E-state index in [1.807, 2.05) is 30.3 Å². The number of nitrogens with one attached hydrogen (secondary N) is 1. The molecule has 1 atom stereocenters. The molecule has 0 saturated carbocycles. The normalized spacial score (nSPS) is 17.2. The number of fused-ring (bicyclic) bond motifs is 1. The van der Waals surface area contributed by atoms with Gasteiger partial charge in [-0.2, -0.15) is 0 Å². The molecule has 0 radical (unpaired) electrons. The Kier molecular flexibility index (Phi) is 5.33. The fraction of sp³-hybridized carbons (Fsp3) is 0.391. The van der Waals surface area contributed by atoms with E-state index in [2.05, 4.69) is 17.4 Å². The van der Waals surface area contributed by atoms with Crippen LogP contribution in [0.4, 0.5) is 11.4 Å². The molecular formula is C23H26N2O3. The largest absolute Gasteiger partial charge is 0.481 e. The molecule has 4 rings (SSSR count). The SMILES string of the molecule is CC(Oc1ccc2c(c1)CCCC2)C(=O)Nc1cccc(N2CCCC2=O)c1. The van der Waals surface area contributed by atoms with Crippen molar-refractivity contribution < 1.29 is 14.3 Å². The minimum absolute atomic E-state index is 0.132. The van der Waals surface area contributed by atoms with Gasteiger partial charge in [-0.1, -0.05) is 12.1 Å². The van der Waals surface area contributed by atoms with Gasteiger partial charge in [0.05, 0.1) is 0 Å². The number of anilines is 2. The standard InChI is InChI=1S/C23H26N2O3/c1-16(28-21-12-11-17-6-2-3-7-18(17)14-21)23(27)24-19-8-4-9-20(15-19)25-13-5-10-22(25)26/h4,8-9,11-12,14-16H,2-3,5-7,10,13H2,1H3,(H,24,27). The van der Waals surface area contributed by atoms with Crippen molar-refractivity contribution in [3.63, 3.8) is 0 Å². The van der Waals surface area contributed by atoms with Crippen molar-refractivity contribution in [2.45, 2.75) is 51.6 Å². The number of amides is 2. The van der Waals surface area contributed by atoms with Gasteiger partial charge in [-0.15, -0.1) is 0 Å². The highest BCUT2D eigenvalue weighted by molar-refractivity contribution is 5.97. The molecule has 1 unspecified atom stereocenters. The summed E-state index contributed by atoms with van der Waals surface area (Å²) in [6, 6.07) is 13.5. The summed E-state index contributed by atoms with van der Waals surface area (Å²) in [5.41, 5.74) is 4.22. The van der Waals surface area contributed by atoms with Gasteiger partial charge in [0, 0.05) is 24.3 Å². The molecule has 5 heteroatoms. The van der Waals surface area contributed by atoms with Crippen LogP contribution in [0.1, 0.15) is 43.7 Å². The Morgan fingerprint density at radius 2 is 1.86 bits per heavy atom. The number of nitrogens with zero attached hydrogens (tertiary/aromatic N) is 1. The zero-order chi connectivity index (χ0) is 19.5. The van der Waals surface area contributed by atoms with Gasteiger partial charge in [-0.05, 0) is 80.5 Å². The van der Waals surface area contributed by atoms with E-state index in [0.29, 0.717) is 12.1 Å². The third kappa shape index (κ3) is 4.03. The van der Waals surface area contributed by atoms with E-state index >= 15 is 0 Å². The Labute approximate surface area is 165 Å². The van der Waals surface area contributed by atoms with Gasteiger partial charge < -0.3 is 15.0 Å². The predicted molar refractivity (Wildman–Crippen MR) is 110 cm³/mol. The van der Waals surface area contributed by atoms with Crippen molar-refractivity contribution in [3.05, 3.63) is 53.6 Å². The Morgan fingerprint density at radius 1 is 1.04 bits per heavy atom. The molecule has 1 fully saturated rings. The fourth-order valence-corrected chi connectivity index (χ4v) is 3.96. The fourth-order valence-electron chi connectivity index (χ4n) is 3.96. The first kappa shape index (κ1) is 18.5. The molecule has 5 nitrogen and oxygen atoms in total. The molecule has 1 aliphatic heterocycles. The van der Waals surface area contributed by atoms with Gasteiger partial charge in [0.25, 0.3) is 5.91 Å². The number of carbonyl (C=O) groups excluding carboxylic acids is 2. The predicted octanol–water partition coefficient (Wildman–Crippen LogP) is 4.10. The smallest absolute Gasteiger partial charge is 0.265 e. The highest BCUT2D eigenvalue weighted by atomic mass is 16.5. The second kappa shape index (κ2) is 8.05. The molecular weight excluding hydrogens is 352 g/mol. The van der Waals surface area contributed by atoms with E-state index < -0.39 is 6.10 Å². The Hall–Kier alpha value is -2.82. The zero-order valence-electron chi connectivity index (χ0n) is 16.2. The average Bonchev–Trinajstić information content (AvgIpc) is 3.14. The molecule has 2 aromatic rings. The lowest BCUT2D eigenvalue weighted by Gasteiger charge is -2.20. The van der Waals surface area contributed by atoms with Crippen LogP contribution < -0.4 is 15.0 Å². The Morgan fingerprint density at radius 3 is 2.64 bits per heavy atom. The molecule has 0 bridgehead atoms. The highest BCUT2D eigenvalue weighted by Crippen LogP contribution is 2.27. The summed E-state index contributed by atoms with van der Waals surface area (Å²) < 4.78 is 5.88. The molecule has 2 aliphatic rings. The van der Waals surface area contributed by atoms with Crippen LogP contribution in [0, 0.1) is 0 Å². The summed E-state index contributed by atoms with van der Waals surface area (Å²) >= 11 is 0. The average molecular weight is 378 g/mol. The van der Waals surface area contributed by atoms with Crippen LogP contribution in [0.2, 0.25) is 0 Å². The number of benzene rings is 2. The first-order valence-electron chi connectivity index (χ1n) is 10.1. The van der Waals surface area contributed by atoms with Crippen molar-refractivity contribution in [1.82, 2.24) is 0 Å². The van der Waals surface area contributed by atoms with Crippen LogP contribution in [-0.2, 0) is 22.4 Å².